The summed E-state index contributed by atoms with van der Waals surface area (Å²) in [4.78, 5) is 31.3. The molecule has 6 nitrogen and oxygen atoms in total. The average Bonchev–Trinajstić information content (AvgIpc) is 3.46. The molecular formula is C27H21Cl5FN3O3. The van der Waals surface area contributed by atoms with E-state index in [1.165, 1.54) is 36.4 Å². The SMILES string of the molecule is CCO/N=C(\C)c1cc(F)ccc1NC(=O)c1cc(NC(=O)C2C(c3cc(Cl)cc(Cl)c3)C2(Cl)Cl)ccc1Cl. The highest BCUT2D eigenvalue weighted by Gasteiger charge is 2.67. The van der Waals surface area contributed by atoms with Crippen molar-refractivity contribution in [2.75, 3.05) is 17.2 Å². The van der Waals surface area contributed by atoms with Crippen LogP contribution in [-0.4, -0.2) is 28.5 Å². The molecule has 39 heavy (non-hydrogen) atoms. The van der Waals surface area contributed by atoms with Crippen LogP contribution in [0.1, 0.15) is 41.3 Å². The number of oxime groups is 1. The van der Waals surface area contributed by atoms with Gasteiger partial charge in [0.15, 0.2) is 0 Å². The fourth-order valence-corrected chi connectivity index (χ4v) is 5.72. The van der Waals surface area contributed by atoms with Gasteiger partial charge in [0.25, 0.3) is 5.91 Å². The van der Waals surface area contributed by atoms with Gasteiger partial charge in [-0.3, -0.25) is 9.59 Å². The number of rotatable bonds is 8. The third-order valence-corrected chi connectivity index (χ3v) is 7.72. The first-order valence-corrected chi connectivity index (χ1v) is 13.5. The standard InChI is InChI=1S/C27H21Cl5FN3O3/c1-3-39-36-13(2)19-11-17(33)4-7-22(19)35-25(37)20-12-18(5-6-21(20)30)34-26(38)24-23(27(24,31)32)14-8-15(28)10-16(29)9-14/h4-12,23-24H,3H2,1-2H3,(H,34,38)(H,35,37)/b36-13+. The Hall–Kier alpha value is -2.55. The maximum atomic E-state index is 13.9. The van der Waals surface area contributed by atoms with E-state index >= 15 is 0 Å². The molecule has 0 aliphatic heterocycles. The molecule has 1 fully saturated rings. The Balaban J connectivity index is 1.53. The van der Waals surface area contributed by atoms with E-state index in [-0.39, 0.29) is 10.6 Å². The number of halogens is 6. The Kier molecular flexibility index (Phi) is 8.98. The lowest BCUT2D eigenvalue weighted by Gasteiger charge is -2.13. The van der Waals surface area contributed by atoms with Crippen molar-refractivity contribution in [3.63, 3.8) is 0 Å². The molecule has 2 N–H and O–H groups in total. The smallest absolute Gasteiger partial charge is 0.257 e. The summed E-state index contributed by atoms with van der Waals surface area (Å²) >= 11 is 31.4. The molecule has 3 aromatic carbocycles. The minimum atomic E-state index is -1.37. The van der Waals surface area contributed by atoms with Crippen molar-refractivity contribution < 1.29 is 18.8 Å². The molecule has 0 bridgehead atoms. The van der Waals surface area contributed by atoms with E-state index in [1.807, 2.05) is 0 Å². The molecule has 0 spiro atoms. The maximum Gasteiger partial charge on any atom is 0.257 e. The van der Waals surface area contributed by atoms with Crippen LogP contribution >= 0.6 is 58.0 Å². The zero-order valence-electron chi connectivity index (χ0n) is 20.5. The van der Waals surface area contributed by atoms with Crippen molar-refractivity contribution in [3.05, 3.63) is 92.2 Å². The first-order chi connectivity index (χ1) is 18.4. The van der Waals surface area contributed by atoms with Crippen LogP contribution < -0.4 is 10.6 Å². The van der Waals surface area contributed by atoms with Crippen molar-refractivity contribution >= 4 is 86.9 Å². The van der Waals surface area contributed by atoms with Crippen LogP contribution in [0.4, 0.5) is 15.8 Å². The van der Waals surface area contributed by atoms with E-state index in [2.05, 4.69) is 15.8 Å². The lowest BCUT2D eigenvalue weighted by atomic mass is 10.1. The quantitative estimate of drug-likeness (QED) is 0.149. The number of benzene rings is 3. The molecule has 204 valence electrons. The Morgan fingerprint density at radius 1 is 0.974 bits per heavy atom. The number of amides is 2. The summed E-state index contributed by atoms with van der Waals surface area (Å²) < 4.78 is 12.6. The van der Waals surface area contributed by atoms with Gasteiger partial charge >= 0.3 is 0 Å². The van der Waals surface area contributed by atoms with Gasteiger partial charge in [-0.1, -0.05) is 40.0 Å². The van der Waals surface area contributed by atoms with Crippen LogP contribution in [0.15, 0.2) is 59.8 Å². The first kappa shape index (κ1) is 29.4. The molecule has 2 amide bonds. The van der Waals surface area contributed by atoms with Gasteiger partial charge in [0.2, 0.25) is 5.91 Å². The van der Waals surface area contributed by atoms with Crippen LogP contribution in [0.2, 0.25) is 15.1 Å². The largest absolute Gasteiger partial charge is 0.396 e. The number of alkyl halides is 2. The molecule has 1 aliphatic carbocycles. The van der Waals surface area contributed by atoms with Crippen LogP contribution in [0.25, 0.3) is 0 Å². The van der Waals surface area contributed by atoms with Gasteiger partial charge < -0.3 is 15.5 Å². The molecule has 2 unspecified atom stereocenters. The van der Waals surface area contributed by atoms with Crippen molar-refractivity contribution in [2.45, 2.75) is 24.1 Å². The number of carbonyl (C=O) groups excluding carboxylic acids is 2. The van der Waals surface area contributed by atoms with Crippen molar-refractivity contribution in [3.8, 4) is 0 Å². The molecule has 0 radical (unpaired) electrons. The Labute approximate surface area is 249 Å². The molecular weight excluding hydrogens is 611 g/mol. The summed E-state index contributed by atoms with van der Waals surface area (Å²) in [5.74, 6) is -2.89. The highest BCUT2D eigenvalue weighted by molar-refractivity contribution is 6.53. The fraction of sp³-hybridized carbons (Fsp3) is 0.222. The van der Waals surface area contributed by atoms with Gasteiger partial charge in [0, 0.05) is 27.2 Å². The lowest BCUT2D eigenvalue weighted by molar-refractivity contribution is -0.117. The minimum absolute atomic E-state index is 0.0705. The zero-order valence-corrected chi connectivity index (χ0v) is 24.3. The monoisotopic (exact) mass is 629 g/mol. The summed E-state index contributed by atoms with van der Waals surface area (Å²) in [6.45, 7) is 3.71. The second kappa shape index (κ2) is 11.9. The highest BCUT2D eigenvalue weighted by atomic mass is 35.5. The number of nitrogens with one attached hydrogen (secondary N) is 2. The van der Waals surface area contributed by atoms with E-state index in [9.17, 15) is 14.0 Å². The number of hydrogen-bond donors (Lipinski definition) is 2. The maximum absolute atomic E-state index is 13.9. The first-order valence-electron chi connectivity index (χ1n) is 11.6. The van der Waals surface area contributed by atoms with Crippen molar-refractivity contribution in [1.82, 2.24) is 0 Å². The molecule has 1 saturated carbocycles. The molecule has 12 heteroatoms. The average molecular weight is 632 g/mol. The summed E-state index contributed by atoms with van der Waals surface area (Å²) in [6.07, 6.45) is 0. The van der Waals surface area contributed by atoms with E-state index < -0.39 is 33.8 Å². The van der Waals surface area contributed by atoms with Crippen molar-refractivity contribution in [2.24, 2.45) is 11.1 Å². The highest BCUT2D eigenvalue weighted by Crippen LogP contribution is 2.65. The van der Waals surface area contributed by atoms with Crippen LogP contribution in [-0.2, 0) is 9.63 Å². The van der Waals surface area contributed by atoms with E-state index in [0.29, 0.717) is 44.9 Å². The Morgan fingerprint density at radius 2 is 1.67 bits per heavy atom. The summed E-state index contributed by atoms with van der Waals surface area (Å²) in [5, 5.41) is 10.3. The number of nitrogens with zero attached hydrogens (tertiary/aromatic N) is 1. The Morgan fingerprint density at radius 3 is 2.33 bits per heavy atom. The molecule has 4 rings (SSSR count). The zero-order chi connectivity index (χ0) is 28.5. The number of anilines is 2. The van der Waals surface area contributed by atoms with Gasteiger partial charge in [-0.25, -0.2) is 4.39 Å². The Bertz CT molecular complexity index is 1460. The summed E-state index contributed by atoms with van der Waals surface area (Å²) in [6, 6.07) is 13.1. The summed E-state index contributed by atoms with van der Waals surface area (Å²) in [5.41, 5.74) is 1.99. The normalized spacial score (nSPS) is 17.9. The number of hydrogen-bond acceptors (Lipinski definition) is 4. The molecule has 0 aromatic heterocycles. The molecule has 0 saturated heterocycles. The second-order valence-corrected chi connectivity index (χ2v) is 11.5. The van der Waals surface area contributed by atoms with Gasteiger partial charge in [0.05, 0.1) is 27.9 Å². The minimum Gasteiger partial charge on any atom is -0.396 e. The summed E-state index contributed by atoms with van der Waals surface area (Å²) in [7, 11) is 0. The van der Waals surface area contributed by atoms with Crippen molar-refractivity contribution in [1.29, 1.82) is 0 Å². The lowest BCUT2D eigenvalue weighted by Crippen LogP contribution is -2.19. The molecule has 1 aliphatic rings. The van der Waals surface area contributed by atoms with E-state index in [1.54, 1.807) is 32.0 Å². The van der Waals surface area contributed by atoms with Gasteiger partial charge in [-0.05, 0) is 74.0 Å². The molecule has 2 atom stereocenters. The third kappa shape index (κ3) is 6.61. The van der Waals surface area contributed by atoms with E-state index in [4.69, 9.17) is 62.8 Å². The third-order valence-electron chi connectivity index (χ3n) is 6.01. The van der Waals surface area contributed by atoms with Gasteiger partial charge in [0.1, 0.15) is 16.8 Å². The van der Waals surface area contributed by atoms with Crippen LogP contribution in [0.5, 0.6) is 0 Å². The van der Waals surface area contributed by atoms with Gasteiger partial charge in [-0.2, -0.15) is 0 Å². The predicted molar refractivity (Wildman–Crippen MR) is 155 cm³/mol. The fourth-order valence-electron chi connectivity index (χ4n) is 4.14. The second-order valence-electron chi connectivity index (χ2n) is 8.76. The number of carbonyl (C=O) groups is 2. The molecule has 0 heterocycles. The van der Waals surface area contributed by atoms with Crippen LogP contribution in [0, 0.1) is 11.7 Å². The van der Waals surface area contributed by atoms with Gasteiger partial charge in [-0.15, -0.1) is 23.2 Å². The van der Waals surface area contributed by atoms with E-state index in [0.717, 1.165) is 0 Å². The predicted octanol–water partition coefficient (Wildman–Crippen LogP) is 8.32. The topological polar surface area (TPSA) is 79.8 Å². The van der Waals surface area contributed by atoms with Crippen LogP contribution in [0.3, 0.4) is 0 Å². The molecule has 3 aromatic rings.